The fourth-order valence-corrected chi connectivity index (χ4v) is 0.765. The third-order valence-electron chi connectivity index (χ3n) is 0.915. The molecule has 0 saturated carbocycles. The summed E-state index contributed by atoms with van der Waals surface area (Å²) in [4.78, 5) is 0. The summed E-state index contributed by atoms with van der Waals surface area (Å²) in [5.41, 5.74) is 1.22. The molecule has 0 heterocycles. The molecule has 2 heteroatoms. The number of hydrogen-bond acceptors (Lipinski definition) is 1. The molecule has 0 aromatic carbocycles. The SMILES string of the molecule is CN\C=C(C)/C=C\C=C\I. The van der Waals surface area contributed by atoms with Gasteiger partial charge in [0.25, 0.3) is 0 Å². The molecule has 0 aliphatic carbocycles. The lowest BCUT2D eigenvalue weighted by Gasteiger charge is -1.89. The smallest absolute Gasteiger partial charge is 0.00277 e. The van der Waals surface area contributed by atoms with Crippen molar-refractivity contribution >= 4 is 22.6 Å². The highest BCUT2D eigenvalue weighted by molar-refractivity contribution is 14.1. The second kappa shape index (κ2) is 6.86. The molecule has 1 N–H and O–H groups in total. The Kier molecular flexibility index (Phi) is 6.69. The number of nitrogens with one attached hydrogen (secondary N) is 1. The quantitative estimate of drug-likeness (QED) is 0.598. The van der Waals surface area contributed by atoms with E-state index in [2.05, 4.69) is 27.9 Å². The Morgan fingerprint density at radius 1 is 1.40 bits per heavy atom. The summed E-state index contributed by atoms with van der Waals surface area (Å²) in [7, 11) is 1.89. The third kappa shape index (κ3) is 5.88. The van der Waals surface area contributed by atoms with E-state index in [0.29, 0.717) is 0 Å². The van der Waals surface area contributed by atoms with Crippen LogP contribution in [0.2, 0.25) is 0 Å². The van der Waals surface area contributed by atoms with Crippen LogP contribution in [0.15, 0.2) is 34.1 Å². The van der Waals surface area contributed by atoms with E-state index in [1.54, 1.807) is 0 Å². The van der Waals surface area contributed by atoms with Gasteiger partial charge in [0.1, 0.15) is 0 Å². The molecular formula is C8H12IN. The fraction of sp³-hybridized carbons (Fsp3) is 0.250. The summed E-state index contributed by atoms with van der Waals surface area (Å²) < 4.78 is 1.97. The second-order valence-corrected chi connectivity index (χ2v) is 2.57. The topological polar surface area (TPSA) is 12.0 Å². The zero-order valence-electron chi connectivity index (χ0n) is 6.26. The molecule has 0 radical (unpaired) electrons. The highest BCUT2D eigenvalue weighted by Gasteiger charge is 1.74. The van der Waals surface area contributed by atoms with Gasteiger partial charge in [-0.05, 0) is 22.8 Å². The molecule has 0 amide bonds. The first-order chi connectivity index (χ1) is 4.81. The summed E-state index contributed by atoms with van der Waals surface area (Å²) >= 11 is 2.19. The molecule has 56 valence electrons. The number of halogens is 1. The van der Waals surface area contributed by atoms with Crippen molar-refractivity contribution in [2.45, 2.75) is 6.92 Å². The van der Waals surface area contributed by atoms with Crippen LogP contribution >= 0.6 is 22.6 Å². The van der Waals surface area contributed by atoms with E-state index < -0.39 is 0 Å². The van der Waals surface area contributed by atoms with Gasteiger partial charge in [-0.3, -0.25) is 0 Å². The van der Waals surface area contributed by atoms with Crippen molar-refractivity contribution in [2.24, 2.45) is 0 Å². The van der Waals surface area contributed by atoms with Gasteiger partial charge in [-0.2, -0.15) is 0 Å². The predicted molar refractivity (Wildman–Crippen MR) is 55.1 cm³/mol. The van der Waals surface area contributed by atoms with Crippen LogP contribution in [0.25, 0.3) is 0 Å². The highest BCUT2D eigenvalue weighted by atomic mass is 127. The van der Waals surface area contributed by atoms with Crippen molar-refractivity contribution in [3.63, 3.8) is 0 Å². The molecule has 0 fully saturated rings. The van der Waals surface area contributed by atoms with Crippen LogP contribution in [0.5, 0.6) is 0 Å². The molecule has 0 unspecified atom stereocenters. The average Bonchev–Trinajstić information content (AvgIpc) is 1.89. The Bertz CT molecular complexity index is 157. The average molecular weight is 249 g/mol. The van der Waals surface area contributed by atoms with Gasteiger partial charge in [0.15, 0.2) is 0 Å². The lowest BCUT2D eigenvalue weighted by Crippen LogP contribution is -1.92. The van der Waals surface area contributed by atoms with Gasteiger partial charge in [-0.1, -0.05) is 40.8 Å². The molecule has 0 atom stereocenters. The van der Waals surface area contributed by atoms with Gasteiger partial charge in [0.05, 0.1) is 0 Å². The van der Waals surface area contributed by atoms with E-state index in [-0.39, 0.29) is 0 Å². The van der Waals surface area contributed by atoms with Crippen molar-refractivity contribution in [1.29, 1.82) is 0 Å². The Morgan fingerprint density at radius 2 is 2.10 bits per heavy atom. The minimum absolute atomic E-state index is 1.22. The Labute approximate surface area is 76.0 Å². The Hall–Kier alpha value is -0.250. The normalized spacial score (nSPS) is 13.3. The van der Waals surface area contributed by atoms with E-state index in [1.165, 1.54) is 5.57 Å². The van der Waals surface area contributed by atoms with Crippen LogP contribution in [-0.4, -0.2) is 7.05 Å². The van der Waals surface area contributed by atoms with Gasteiger partial charge < -0.3 is 5.32 Å². The van der Waals surface area contributed by atoms with Crippen LogP contribution in [0.3, 0.4) is 0 Å². The highest BCUT2D eigenvalue weighted by Crippen LogP contribution is 1.93. The molecule has 0 bridgehead atoms. The van der Waals surface area contributed by atoms with Crippen LogP contribution < -0.4 is 5.32 Å². The van der Waals surface area contributed by atoms with Crippen LogP contribution in [0.4, 0.5) is 0 Å². The first kappa shape index (κ1) is 9.75. The van der Waals surface area contributed by atoms with E-state index in [1.807, 2.05) is 42.5 Å². The molecule has 0 aromatic rings. The van der Waals surface area contributed by atoms with Crippen LogP contribution in [0.1, 0.15) is 6.92 Å². The van der Waals surface area contributed by atoms with Crippen molar-refractivity contribution < 1.29 is 0 Å². The summed E-state index contributed by atoms with van der Waals surface area (Å²) in [5.74, 6) is 0. The maximum absolute atomic E-state index is 2.96. The number of hydrogen-bond donors (Lipinski definition) is 1. The Morgan fingerprint density at radius 3 is 2.60 bits per heavy atom. The van der Waals surface area contributed by atoms with Crippen LogP contribution in [-0.2, 0) is 0 Å². The monoisotopic (exact) mass is 249 g/mol. The largest absolute Gasteiger partial charge is 0.394 e. The summed E-state index contributed by atoms with van der Waals surface area (Å²) in [6.45, 7) is 2.05. The molecule has 0 spiro atoms. The summed E-state index contributed by atoms with van der Waals surface area (Å²) in [5, 5.41) is 2.96. The number of rotatable bonds is 3. The molecule has 0 aromatic heterocycles. The van der Waals surface area contributed by atoms with Crippen LogP contribution in [0, 0.1) is 0 Å². The molecule has 0 aliphatic heterocycles. The first-order valence-electron chi connectivity index (χ1n) is 3.08. The van der Waals surface area contributed by atoms with Crippen molar-refractivity contribution in [3.05, 3.63) is 34.1 Å². The van der Waals surface area contributed by atoms with E-state index in [9.17, 15) is 0 Å². The van der Waals surface area contributed by atoms with Crippen molar-refractivity contribution in [3.8, 4) is 0 Å². The van der Waals surface area contributed by atoms with Gasteiger partial charge >= 0.3 is 0 Å². The molecule has 1 nitrogen and oxygen atoms in total. The zero-order valence-corrected chi connectivity index (χ0v) is 8.42. The lowest BCUT2D eigenvalue weighted by molar-refractivity contribution is 1.08. The van der Waals surface area contributed by atoms with Crippen molar-refractivity contribution in [1.82, 2.24) is 5.32 Å². The van der Waals surface area contributed by atoms with Gasteiger partial charge in [0.2, 0.25) is 0 Å². The molecular weight excluding hydrogens is 237 g/mol. The van der Waals surface area contributed by atoms with Gasteiger partial charge in [0, 0.05) is 7.05 Å². The zero-order chi connectivity index (χ0) is 7.82. The molecule has 0 rings (SSSR count). The lowest BCUT2D eigenvalue weighted by atomic mass is 10.3. The van der Waals surface area contributed by atoms with Gasteiger partial charge in [-0.15, -0.1) is 0 Å². The fourth-order valence-electron chi connectivity index (χ4n) is 0.525. The number of allylic oxidation sites excluding steroid dienone is 4. The second-order valence-electron chi connectivity index (χ2n) is 1.85. The standard InChI is InChI=1S/C8H12IN/c1-8(7-10-2)5-3-4-6-9/h3-7,10H,1-2H3/b5-3-,6-4+,8-7-. The van der Waals surface area contributed by atoms with Crippen molar-refractivity contribution in [2.75, 3.05) is 7.05 Å². The molecule has 10 heavy (non-hydrogen) atoms. The van der Waals surface area contributed by atoms with Gasteiger partial charge in [-0.25, -0.2) is 0 Å². The minimum atomic E-state index is 1.22. The minimum Gasteiger partial charge on any atom is -0.394 e. The Balaban J connectivity index is 3.76. The molecule has 0 aliphatic rings. The van der Waals surface area contributed by atoms with E-state index in [4.69, 9.17) is 0 Å². The predicted octanol–water partition coefficient (Wildman–Crippen LogP) is 2.61. The first-order valence-corrected chi connectivity index (χ1v) is 4.33. The molecule has 0 saturated heterocycles. The summed E-state index contributed by atoms with van der Waals surface area (Å²) in [6, 6.07) is 0. The van der Waals surface area contributed by atoms with E-state index in [0.717, 1.165) is 0 Å². The maximum Gasteiger partial charge on any atom is 0.00277 e. The third-order valence-corrected chi connectivity index (χ3v) is 1.33. The van der Waals surface area contributed by atoms with E-state index >= 15 is 0 Å². The maximum atomic E-state index is 2.96. The summed E-state index contributed by atoms with van der Waals surface area (Å²) in [6.07, 6.45) is 8.01.